The lowest BCUT2D eigenvalue weighted by molar-refractivity contribution is 0.0762. The van der Waals surface area contributed by atoms with Gasteiger partial charge in [0.25, 0.3) is 5.91 Å². The number of furan rings is 1. The maximum atomic E-state index is 11.9. The van der Waals surface area contributed by atoms with Crippen molar-refractivity contribution in [2.75, 3.05) is 26.7 Å². The topological polar surface area (TPSA) is 45.5 Å². The zero-order valence-corrected chi connectivity index (χ0v) is 9.61. The predicted molar refractivity (Wildman–Crippen MR) is 61.3 cm³/mol. The second-order valence-corrected chi connectivity index (χ2v) is 4.39. The third-order valence-electron chi connectivity index (χ3n) is 3.11. The Morgan fingerprint density at radius 1 is 1.56 bits per heavy atom. The highest BCUT2D eigenvalue weighted by Gasteiger charge is 2.19. The number of carbonyl (C=O) groups is 1. The summed E-state index contributed by atoms with van der Waals surface area (Å²) in [7, 11) is 1.86. The average Bonchev–Trinajstić information content (AvgIpc) is 2.83. The Hall–Kier alpha value is -1.29. The van der Waals surface area contributed by atoms with E-state index in [1.54, 1.807) is 11.0 Å². The Bertz CT molecular complexity index is 329. The quantitative estimate of drug-likeness (QED) is 0.839. The summed E-state index contributed by atoms with van der Waals surface area (Å²) in [6.45, 7) is 2.97. The fourth-order valence-corrected chi connectivity index (χ4v) is 2.14. The third kappa shape index (κ3) is 2.64. The van der Waals surface area contributed by atoms with E-state index in [9.17, 15) is 4.79 Å². The van der Waals surface area contributed by atoms with Gasteiger partial charge in [-0.25, -0.2) is 0 Å². The van der Waals surface area contributed by atoms with E-state index in [1.807, 2.05) is 7.05 Å². The first kappa shape index (κ1) is 11.2. The molecule has 1 aliphatic rings. The summed E-state index contributed by atoms with van der Waals surface area (Å²) in [4.78, 5) is 13.7. The lowest BCUT2D eigenvalue weighted by Gasteiger charge is -2.27. The third-order valence-corrected chi connectivity index (χ3v) is 3.11. The molecule has 0 spiro atoms. The van der Waals surface area contributed by atoms with Crippen molar-refractivity contribution in [1.82, 2.24) is 10.2 Å². The molecule has 1 amide bonds. The maximum Gasteiger partial charge on any atom is 0.256 e. The second-order valence-electron chi connectivity index (χ2n) is 4.39. The SMILES string of the molecule is CN(CC1CCNCC1)C(=O)c1ccoc1. The number of piperidine rings is 1. The van der Waals surface area contributed by atoms with E-state index < -0.39 is 0 Å². The van der Waals surface area contributed by atoms with Gasteiger partial charge in [0.1, 0.15) is 6.26 Å². The van der Waals surface area contributed by atoms with Gasteiger partial charge in [0.2, 0.25) is 0 Å². The minimum Gasteiger partial charge on any atom is -0.472 e. The predicted octanol–water partition coefficient (Wildman–Crippen LogP) is 1.35. The van der Waals surface area contributed by atoms with Gasteiger partial charge >= 0.3 is 0 Å². The van der Waals surface area contributed by atoms with Crippen LogP contribution < -0.4 is 5.32 Å². The molecule has 0 atom stereocenters. The summed E-state index contributed by atoms with van der Waals surface area (Å²) in [6.07, 6.45) is 5.35. The smallest absolute Gasteiger partial charge is 0.256 e. The highest BCUT2D eigenvalue weighted by molar-refractivity contribution is 5.93. The van der Waals surface area contributed by atoms with Crippen LogP contribution in [0.3, 0.4) is 0 Å². The van der Waals surface area contributed by atoms with Crippen LogP contribution in [0.25, 0.3) is 0 Å². The van der Waals surface area contributed by atoms with Gasteiger partial charge in [-0.2, -0.15) is 0 Å². The molecular weight excluding hydrogens is 204 g/mol. The summed E-state index contributed by atoms with van der Waals surface area (Å²) in [5.74, 6) is 0.675. The summed E-state index contributed by atoms with van der Waals surface area (Å²) < 4.78 is 4.92. The summed E-state index contributed by atoms with van der Waals surface area (Å²) in [6, 6.07) is 1.71. The molecule has 0 unspecified atom stereocenters. The first-order valence-corrected chi connectivity index (χ1v) is 5.76. The lowest BCUT2D eigenvalue weighted by atomic mass is 9.97. The Morgan fingerprint density at radius 2 is 2.31 bits per heavy atom. The van der Waals surface area contributed by atoms with Gasteiger partial charge in [0.05, 0.1) is 11.8 Å². The van der Waals surface area contributed by atoms with E-state index in [1.165, 1.54) is 12.5 Å². The van der Waals surface area contributed by atoms with Crippen LogP contribution in [0, 0.1) is 5.92 Å². The minimum atomic E-state index is 0.0484. The summed E-state index contributed by atoms with van der Waals surface area (Å²) in [5.41, 5.74) is 0.636. The lowest BCUT2D eigenvalue weighted by Crippen LogP contribution is -2.37. The standard InChI is InChI=1S/C12H18N2O2/c1-14(8-10-2-5-13-6-3-10)12(15)11-4-7-16-9-11/h4,7,9-10,13H,2-3,5-6,8H2,1H3. The highest BCUT2D eigenvalue weighted by Crippen LogP contribution is 2.14. The molecule has 0 aromatic carbocycles. The molecule has 1 aliphatic heterocycles. The van der Waals surface area contributed by atoms with E-state index in [0.29, 0.717) is 11.5 Å². The molecule has 2 rings (SSSR count). The fraction of sp³-hybridized carbons (Fsp3) is 0.583. The van der Waals surface area contributed by atoms with Gasteiger partial charge < -0.3 is 14.6 Å². The zero-order valence-electron chi connectivity index (χ0n) is 9.61. The van der Waals surface area contributed by atoms with E-state index in [0.717, 1.165) is 32.5 Å². The molecule has 1 aromatic heterocycles. The molecule has 0 saturated carbocycles. The molecule has 1 N–H and O–H groups in total. The Kier molecular flexibility index (Phi) is 3.62. The van der Waals surface area contributed by atoms with Gasteiger partial charge in [-0.3, -0.25) is 4.79 Å². The molecule has 0 aliphatic carbocycles. The number of nitrogens with zero attached hydrogens (tertiary/aromatic N) is 1. The first-order chi connectivity index (χ1) is 7.77. The number of nitrogens with one attached hydrogen (secondary N) is 1. The maximum absolute atomic E-state index is 11.9. The van der Waals surface area contributed by atoms with Gasteiger partial charge in [-0.15, -0.1) is 0 Å². The average molecular weight is 222 g/mol. The van der Waals surface area contributed by atoms with Crippen molar-refractivity contribution in [1.29, 1.82) is 0 Å². The molecular formula is C12H18N2O2. The number of amides is 1. The second kappa shape index (κ2) is 5.16. The van der Waals surface area contributed by atoms with Gasteiger partial charge in [-0.1, -0.05) is 0 Å². The number of hydrogen-bond donors (Lipinski definition) is 1. The van der Waals surface area contributed by atoms with Gasteiger partial charge in [0.15, 0.2) is 0 Å². The summed E-state index contributed by atoms with van der Waals surface area (Å²) in [5, 5.41) is 3.33. The monoisotopic (exact) mass is 222 g/mol. The van der Waals surface area contributed by atoms with E-state index in [-0.39, 0.29) is 5.91 Å². The zero-order chi connectivity index (χ0) is 11.4. The molecule has 1 fully saturated rings. The Morgan fingerprint density at radius 3 is 2.94 bits per heavy atom. The van der Waals surface area contributed by atoms with E-state index >= 15 is 0 Å². The summed E-state index contributed by atoms with van der Waals surface area (Å²) >= 11 is 0. The minimum absolute atomic E-state index is 0.0484. The van der Waals surface area contributed by atoms with Crippen molar-refractivity contribution in [3.05, 3.63) is 24.2 Å². The number of hydrogen-bond acceptors (Lipinski definition) is 3. The molecule has 16 heavy (non-hydrogen) atoms. The largest absolute Gasteiger partial charge is 0.472 e. The van der Waals surface area contributed by atoms with Crippen LogP contribution in [0.15, 0.2) is 23.0 Å². The van der Waals surface area contributed by atoms with Crippen molar-refractivity contribution in [2.24, 2.45) is 5.92 Å². The van der Waals surface area contributed by atoms with E-state index in [2.05, 4.69) is 5.32 Å². The van der Waals surface area contributed by atoms with Gasteiger partial charge in [0, 0.05) is 13.6 Å². The van der Waals surface area contributed by atoms with Crippen LogP contribution in [0.1, 0.15) is 23.2 Å². The van der Waals surface area contributed by atoms with Crippen molar-refractivity contribution in [3.8, 4) is 0 Å². The molecule has 88 valence electrons. The highest BCUT2D eigenvalue weighted by atomic mass is 16.3. The van der Waals surface area contributed by atoms with Crippen molar-refractivity contribution in [2.45, 2.75) is 12.8 Å². The van der Waals surface area contributed by atoms with Crippen LogP contribution >= 0.6 is 0 Å². The van der Waals surface area contributed by atoms with Crippen LogP contribution in [0.2, 0.25) is 0 Å². The Labute approximate surface area is 95.6 Å². The van der Waals surface area contributed by atoms with Crippen molar-refractivity contribution >= 4 is 5.91 Å². The van der Waals surface area contributed by atoms with Crippen molar-refractivity contribution in [3.63, 3.8) is 0 Å². The molecule has 1 aromatic rings. The first-order valence-electron chi connectivity index (χ1n) is 5.76. The molecule has 0 bridgehead atoms. The van der Waals surface area contributed by atoms with Gasteiger partial charge in [-0.05, 0) is 37.9 Å². The normalized spacial score (nSPS) is 17.3. The van der Waals surface area contributed by atoms with E-state index in [4.69, 9.17) is 4.42 Å². The molecule has 2 heterocycles. The Balaban J connectivity index is 1.87. The number of rotatable bonds is 3. The van der Waals surface area contributed by atoms with Crippen LogP contribution in [-0.2, 0) is 0 Å². The van der Waals surface area contributed by atoms with Crippen LogP contribution in [0.4, 0.5) is 0 Å². The van der Waals surface area contributed by atoms with Crippen LogP contribution in [-0.4, -0.2) is 37.5 Å². The molecule has 4 nitrogen and oxygen atoms in total. The molecule has 1 saturated heterocycles. The molecule has 0 radical (unpaired) electrons. The number of carbonyl (C=O) groups excluding carboxylic acids is 1. The van der Waals surface area contributed by atoms with Crippen molar-refractivity contribution < 1.29 is 9.21 Å². The fourth-order valence-electron chi connectivity index (χ4n) is 2.14. The van der Waals surface area contributed by atoms with Crippen LogP contribution in [0.5, 0.6) is 0 Å². The molecule has 4 heteroatoms.